The van der Waals surface area contributed by atoms with Gasteiger partial charge in [-0.2, -0.15) is 5.26 Å². The van der Waals surface area contributed by atoms with Crippen molar-refractivity contribution in [3.8, 4) is 17.6 Å². The van der Waals surface area contributed by atoms with Gasteiger partial charge in [0, 0.05) is 6.61 Å². The Hall–Kier alpha value is -2.38. The highest BCUT2D eigenvalue weighted by atomic mass is 19.1. The Labute approximate surface area is 110 Å². The summed E-state index contributed by atoms with van der Waals surface area (Å²) in [5.41, 5.74) is 0.680. The number of rotatable bonds is 4. The molecule has 0 spiro atoms. The molecule has 0 aliphatic carbocycles. The van der Waals surface area contributed by atoms with E-state index in [-0.39, 0.29) is 17.9 Å². The van der Waals surface area contributed by atoms with Crippen molar-refractivity contribution in [2.24, 2.45) is 0 Å². The minimum atomic E-state index is -0.611. The van der Waals surface area contributed by atoms with Crippen molar-refractivity contribution >= 4 is 0 Å². The Morgan fingerprint density at radius 1 is 1.11 bits per heavy atom. The van der Waals surface area contributed by atoms with Crippen LogP contribution in [0.25, 0.3) is 0 Å². The second-order valence-electron chi connectivity index (χ2n) is 3.91. The predicted octanol–water partition coefficient (Wildman–Crippen LogP) is 3.02. The third-order valence-electron chi connectivity index (χ3n) is 2.66. The van der Waals surface area contributed by atoms with Crippen molar-refractivity contribution in [3.63, 3.8) is 0 Å². The van der Waals surface area contributed by atoms with Crippen LogP contribution in [0.3, 0.4) is 0 Å². The number of nitrogens with zero attached hydrogens (tertiary/aromatic N) is 1. The molecule has 0 aromatic heterocycles. The molecule has 3 nitrogen and oxygen atoms in total. The number of halogens is 1. The van der Waals surface area contributed by atoms with Gasteiger partial charge in [-0.1, -0.05) is 24.3 Å². The van der Waals surface area contributed by atoms with E-state index >= 15 is 0 Å². The number of hydrogen-bond acceptors (Lipinski definition) is 3. The smallest absolute Gasteiger partial charge is 0.148 e. The van der Waals surface area contributed by atoms with E-state index in [9.17, 15) is 4.39 Å². The molecule has 96 valence electrons. The fourth-order valence-electron chi connectivity index (χ4n) is 1.75. The molecule has 0 fully saturated rings. The molecule has 0 bridgehead atoms. The van der Waals surface area contributed by atoms with Crippen molar-refractivity contribution in [2.45, 2.75) is 6.42 Å². The van der Waals surface area contributed by atoms with Crippen LogP contribution in [0.15, 0.2) is 42.5 Å². The summed E-state index contributed by atoms with van der Waals surface area (Å²) in [5.74, 6) is 0.0752. The normalized spacial score (nSPS) is 9.95. The highest BCUT2D eigenvalue weighted by molar-refractivity contribution is 5.47. The second kappa shape index (κ2) is 5.98. The first-order valence-electron chi connectivity index (χ1n) is 5.81. The number of ether oxygens (including phenoxy) is 1. The lowest BCUT2D eigenvalue weighted by molar-refractivity contribution is 0.298. The van der Waals surface area contributed by atoms with E-state index in [0.29, 0.717) is 12.2 Å². The minimum Gasteiger partial charge on any atom is -0.456 e. The lowest BCUT2D eigenvalue weighted by Crippen LogP contribution is -1.97. The molecule has 0 aliphatic heterocycles. The second-order valence-corrected chi connectivity index (χ2v) is 3.91. The predicted molar refractivity (Wildman–Crippen MR) is 68.4 cm³/mol. The third-order valence-corrected chi connectivity index (χ3v) is 2.66. The van der Waals surface area contributed by atoms with Crippen LogP contribution in [0, 0.1) is 17.1 Å². The Bertz CT molecular complexity index is 620. The van der Waals surface area contributed by atoms with Gasteiger partial charge >= 0.3 is 0 Å². The molecule has 0 unspecified atom stereocenters. The number of hydrogen-bond donors (Lipinski definition) is 1. The highest BCUT2D eigenvalue weighted by Gasteiger charge is 2.11. The van der Waals surface area contributed by atoms with Crippen molar-refractivity contribution in [1.29, 1.82) is 5.26 Å². The van der Waals surface area contributed by atoms with Crippen LogP contribution in [-0.4, -0.2) is 11.7 Å². The fourth-order valence-corrected chi connectivity index (χ4v) is 1.75. The standard InChI is InChI=1S/C15H12FNO2/c16-13-5-3-7-15(12(13)10-17)19-14-6-2-1-4-11(14)8-9-18/h1-7,18H,8-9H2. The molecule has 4 heteroatoms. The molecule has 1 N–H and O–H groups in total. The summed E-state index contributed by atoms with van der Waals surface area (Å²) in [5, 5.41) is 17.9. The molecule has 0 saturated carbocycles. The molecule has 0 aliphatic rings. The molecule has 0 radical (unpaired) electrons. The summed E-state index contributed by atoms with van der Waals surface area (Å²) in [7, 11) is 0. The third kappa shape index (κ3) is 2.90. The van der Waals surface area contributed by atoms with E-state index in [0.717, 1.165) is 5.56 Å². The summed E-state index contributed by atoms with van der Waals surface area (Å²) in [4.78, 5) is 0. The van der Waals surface area contributed by atoms with Gasteiger partial charge in [0.05, 0.1) is 0 Å². The van der Waals surface area contributed by atoms with E-state index < -0.39 is 5.82 Å². The van der Waals surface area contributed by atoms with Crippen molar-refractivity contribution < 1.29 is 14.2 Å². The molecule has 2 aromatic carbocycles. The highest BCUT2D eigenvalue weighted by Crippen LogP contribution is 2.29. The van der Waals surface area contributed by atoms with Gasteiger partial charge in [0.15, 0.2) is 0 Å². The molecule has 19 heavy (non-hydrogen) atoms. The van der Waals surface area contributed by atoms with E-state index in [1.165, 1.54) is 18.2 Å². The topological polar surface area (TPSA) is 53.2 Å². The van der Waals surface area contributed by atoms with Gasteiger partial charge in [-0.3, -0.25) is 0 Å². The van der Waals surface area contributed by atoms with E-state index in [2.05, 4.69) is 0 Å². The molecule has 0 atom stereocenters. The minimum absolute atomic E-state index is 0.00533. The zero-order chi connectivity index (χ0) is 13.7. The summed E-state index contributed by atoms with van der Waals surface area (Å²) in [6.45, 7) is -0.00533. The number of nitriles is 1. The van der Waals surface area contributed by atoms with Crippen LogP contribution in [-0.2, 0) is 6.42 Å². The van der Waals surface area contributed by atoms with Crippen LogP contribution in [0.5, 0.6) is 11.5 Å². The van der Waals surface area contributed by atoms with Crippen LogP contribution < -0.4 is 4.74 Å². The van der Waals surface area contributed by atoms with Crippen molar-refractivity contribution in [3.05, 3.63) is 59.4 Å². The lowest BCUT2D eigenvalue weighted by Gasteiger charge is -2.11. The maximum absolute atomic E-state index is 13.5. The number of aliphatic hydroxyl groups is 1. The molecule has 0 amide bonds. The van der Waals surface area contributed by atoms with Gasteiger partial charge < -0.3 is 9.84 Å². The zero-order valence-corrected chi connectivity index (χ0v) is 10.1. The molecule has 2 rings (SSSR count). The molecular formula is C15H12FNO2. The lowest BCUT2D eigenvalue weighted by atomic mass is 10.1. The van der Waals surface area contributed by atoms with Crippen LogP contribution in [0.4, 0.5) is 4.39 Å². The fraction of sp³-hybridized carbons (Fsp3) is 0.133. The average Bonchev–Trinajstić information content (AvgIpc) is 2.41. The molecule has 0 saturated heterocycles. The van der Waals surface area contributed by atoms with Crippen LogP contribution in [0.2, 0.25) is 0 Å². The van der Waals surface area contributed by atoms with Crippen molar-refractivity contribution in [2.75, 3.05) is 6.61 Å². The molecule has 2 aromatic rings. The first-order chi connectivity index (χ1) is 9.26. The summed E-state index contributed by atoms with van der Waals surface area (Å²) in [6.07, 6.45) is 0.438. The van der Waals surface area contributed by atoms with Crippen molar-refractivity contribution in [1.82, 2.24) is 0 Å². The Balaban J connectivity index is 2.37. The summed E-state index contributed by atoms with van der Waals surface area (Å²) < 4.78 is 19.1. The van der Waals surface area contributed by atoms with E-state index in [1.54, 1.807) is 18.2 Å². The Morgan fingerprint density at radius 2 is 1.84 bits per heavy atom. The Morgan fingerprint density at radius 3 is 2.58 bits per heavy atom. The van der Waals surface area contributed by atoms with Gasteiger partial charge in [0.1, 0.15) is 28.9 Å². The molecular weight excluding hydrogens is 245 g/mol. The number of aliphatic hydroxyl groups excluding tert-OH is 1. The average molecular weight is 257 g/mol. The summed E-state index contributed by atoms with van der Waals surface area (Å²) >= 11 is 0. The zero-order valence-electron chi connectivity index (χ0n) is 10.1. The quantitative estimate of drug-likeness (QED) is 0.915. The SMILES string of the molecule is N#Cc1c(F)cccc1Oc1ccccc1CCO. The number of benzene rings is 2. The van der Waals surface area contributed by atoms with Gasteiger partial charge in [-0.05, 0) is 30.2 Å². The number of para-hydroxylation sites is 1. The van der Waals surface area contributed by atoms with Gasteiger partial charge in [-0.25, -0.2) is 4.39 Å². The first-order valence-corrected chi connectivity index (χ1v) is 5.81. The maximum atomic E-state index is 13.5. The van der Waals surface area contributed by atoms with Gasteiger partial charge in [0.25, 0.3) is 0 Å². The van der Waals surface area contributed by atoms with Gasteiger partial charge in [-0.15, -0.1) is 0 Å². The summed E-state index contributed by atoms with van der Waals surface area (Å²) in [6, 6.07) is 13.2. The largest absolute Gasteiger partial charge is 0.456 e. The van der Waals surface area contributed by atoms with Gasteiger partial charge in [0.2, 0.25) is 0 Å². The molecule has 0 heterocycles. The monoisotopic (exact) mass is 257 g/mol. The first kappa shape index (κ1) is 13.1. The van der Waals surface area contributed by atoms with E-state index in [1.807, 2.05) is 12.1 Å². The Kier molecular flexibility index (Phi) is 4.11. The van der Waals surface area contributed by atoms with Crippen LogP contribution >= 0.6 is 0 Å². The van der Waals surface area contributed by atoms with E-state index in [4.69, 9.17) is 15.1 Å². The van der Waals surface area contributed by atoms with Crippen LogP contribution in [0.1, 0.15) is 11.1 Å². The maximum Gasteiger partial charge on any atom is 0.148 e.